The van der Waals surface area contributed by atoms with E-state index in [0.29, 0.717) is 5.69 Å². The minimum absolute atomic E-state index is 0.133. The molecular weight excluding hydrogens is 364 g/mol. The van der Waals surface area contributed by atoms with E-state index >= 15 is 0 Å². The molecule has 0 radical (unpaired) electrons. The van der Waals surface area contributed by atoms with Crippen molar-refractivity contribution in [1.29, 1.82) is 0 Å². The Bertz CT molecular complexity index is 951. The van der Waals surface area contributed by atoms with Gasteiger partial charge in [0, 0.05) is 43.0 Å². The van der Waals surface area contributed by atoms with Crippen LogP contribution in [0.2, 0.25) is 0 Å². The number of nitrogens with zero attached hydrogens (tertiary/aromatic N) is 2. The number of amides is 1. The fraction of sp³-hybridized carbons (Fsp3) is 0.217. The van der Waals surface area contributed by atoms with Crippen LogP contribution in [-0.2, 0) is 0 Å². The third kappa shape index (κ3) is 5.72. The molecule has 0 aliphatic carbocycles. The van der Waals surface area contributed by atoms with Crippen molar-refractivity contribution in [1.82, 2.24) is 4.98 Å². The number of ether oxygens (including phenoxy) is 1. The molecule has 0 atom stereocenters. The average molecular weight is 390 g/mol. The Morgan fingerprint density at radius 3 is 2.21 bits per heavy atom. The van der Waals surface area contributed by atoms with Crippen LogP contribution >= 0.6 is 0 Å². The second-order valence-electron chi connectivity index (χ2n) is 7.14. The maximum Gasteiger partial charge on any atom is 0.274 e. The van der Waals surface area contributed by atoms with E-state index in [2.05, 4.69) is 15.6 Å². The van der Waals surface area contributed by atoms with Gasteiger partial charge in [0.25, 0.3) is 5.91 Å². The van der Waals surface area contributed by atoms with Gasteiger partial charge >= 0.3 is 0 Å². The SMILES string of the molecule is CC(C)Oc1ccc(Nc2ccnc(C(=O)Nc3ccc(N(C)C)cc3)c2)cc1. The number of hydrogen-bond donors (Lipinski definition) is 2. The lowest BCUT2D eigenvalue weighted by Gasteiger charge is -2.13. The van der Waals surface area contributed by atoms with Crippen molar-refractivity contribution in [2.45, 2.75) is 20.0 Å². The van der Waals surface area contributed by atoms with Gasteiger partial charge in [-0.25, -0.2) is 0 Å². The number of hydrogen-bond acceptors (Lipinski definition) is 5. The molecular formula is C23H26N4O2. The zero-order chi connectivity index (χ0) is 20.8. The van der Waals surface area contributed by atoms with Crippen LogP contribution in [0.4, 0.5) is 22.7 Å². The molecule has 1 heterocycles. The van der Waals surface area contributed by atoms with Gasteiger partial charge in [-0.15, -0.1) is 0 Å². The summed E-state index contributed by atoms with van der Waals surface area (Å²) in [4.78, 5) is 18.7. The van der Waals surface area contributed by atoms with Gasteiger partial charge in [0.05, 0.1) is 6.10 Å². The van der Waals surface area contributed by atoms with Gasteiger partial charge in [-0.05, 0) is 74.5 Å². The molecule has 2 N–H and O–H groups in total. The van der Waals surface area contributed by atoms with Crippen LogP contribution in [0.15, 0.2) is 66.9 Å². The van der Waals surface area contributed by atoms with Crippen LogP contribution in [0.3, 0.4) is 0 Å². The Labute approximate surface area is 171 Å². The zero-order valence-corrected chi connectivity index (χ0v) is 17.1. The van der Waals surface area contributed by atoms with E-state index in [0.717, 1.165) is 28.5 Å². The number of rotatable bonds is 7. The van der Waals surface area contributed by atoms with Crippen molar-refractivity contribution in [2.75, 3.05) is 29.6 Å². The van der Waals surface area contributed by atoms with E-state index in [1.54, 1.807) is 12.3 Å². The van der Waals surface area contributed by atoms with Crippen molar-refractivity contribution in [3.63, 3.8) is 0 Å². The number of benzene rings is 2. The zero-order valence-electron chi connectivity index (χ0n) is 17.1. The molecule has 0 bridgehead atoms. The van der Waals surface area contributed by atoms with Crippen molar-refractivity contribution in [3.05, 3.63) is 72.6 Å². The summed E-state index contributed by atoms with van der Waals surface area (Å²) in [6.07, 6.45) is 1.75. The van der Waals surface area contributed by atoms with Crippen LogP contribution < -0.4 is 20.3 Å². The van der Waals surface area contributed by atoms with Crippen LogP contribution in [0.25, 0.3) is 0 Å². The topological polar surface area (TPSA) is 66.5 Å². The number of anilines is 4. The summed E-state index contributed by atoms with van der Waals surface area (Å²) in [6.45, 7) is 3.98. The minimum Gasteiger partial charge on any atom is -0.491 e. The van der Waals surface area contributed by atoms with Gasteiger partial charge in [0.2, 0.25) is 0 Å². The molecule has 0 spiro atoms. The highest BCUT2D eigenvalue weighted by Gasteiger charge is 2.09. The molecule has 1 aromatic heterocycles. The van der Waals surface area contributed by atoms with Crippen LogP contribution in [0.5, 0.6) is 5.75 Å². The molecule has 3 rings (SSSR count). The third-order valence-corrected chi connectivity index (χ3v) is 4.15. The molecule has 2 aromatic carbocycles. The van der Waals surface area contributed by atoms with Gasteiger partial charge in [-0.3, -0.25) is 9.78 Å². The van der Waals surface area contributed by atoms with Gasteiger partial charge < -0.3 is 20.3 Å². The Hall–Kier alpha value is -3.54. The largest absolute Gasteiger partial charge is 0.491 e. The van der Waals surface area contributed by atoms with E-state index < -0.39 is 0 Å². The molecule has 150 valence electrons. The molecule has 6 nitrogen and oxygen atoms in total. The normalized spacial score (nSPS) is 10.5. The quantitative estimate of drug-likeness (QED) is 0.599. The molecule has 3 aromatic rings. The van der Waals surface area contributed by atoms with Crippen LogP contribution in [0.1, 0.15) is 24.3 Å². The third-order valence-electron chi connectivity index (χ3n) is 4.15. The average Bonchev–Trinajstić information content (AvgIpc) is 2.70. The fourth-order valence-corrected chi connectivity index (χ4v) is 2.73. The lowest BCUT2D eigenvalue weighted by atomic mass is 10.2. The Morgan fingerprint density at radius 1 is 0.931 bits per heavy atom. The van der Waals surface area contributed by atoms with Crippen molar-refractivity contribution in [2.24, 2.45) is 0 Å². The number of nitrogens with one attached hydrogen (secondary N) is 2. The number of aromatic nitrogens is 1. The Morgan fingerprint density at radius 2 is 1.59 bits per heavy atom. The standard InChI is InChI=1S/C23H26N4O2/c1-16(2)29-21-11-7-17(8-12-21)25-19-13-14-24-22(15-19)23(28)26-18-5-9-20(10-6-18)27(3)4/h5-16H,1-4H3,(H,24,25)(H,26,28). The van der Waals surface area contributed by atoms with Gasteiger partial charge in [-0.2, -0.15) is 0 Å². The monoisotopic (exact) mass is 390 g/mol. The van der Waals surface area contributed by atoms with E-state index in [-0.39, 0.29) is 12.0 Å². The molecule has 0 aliphatic heterocycles. The number of carbonyl (C=O) groups excluding carboxylic acids is 1. The lowest BCUT2D eigenvalue weighted by molar-refractivity contribution is 0.102. The number of carbonyl (C=O) groups is 1. The highest BCUT2D eigenvalue weighted by molar-refractivity contribution is 6.03. The Kier molecular flexibility index (Phi) is 6.34. The first kappa shape index (κ1) is 20.2. The maximum atomic E-state index is 12.6. The summed E-state index contributed by atoms with van der Waals surface area (Å²) in [7, 11) is 3.95. The first-order valence-electron chi connectivity index (χ1n) is 9.49. The first-order valence-corrected chi connectivity index (χ1v) is 9.49. The van der Waals surface area contributed by atoms with Crippen molar-refractivity contribution in [3.8, 4) is 5.75 Å². The molecule has 0 unspecified atom stereocenters. The summed E-state index contributed by atoms with van der Waals surface area (Å²) in [5, 5.41) is 6.16. The van der Waals surface area contributed by atoms with Gasteiger partial charge in [0.1, 0.15) is 11.4 Å². The Balaban J connectivity index is 1.66. The highest BCUT2D eigenvalue weighted by atomic mass is 16.5. The molecule has 0 saturated heterocycles. The fourth-order valence-electron chi connectivity index (χ4n) is 2.73. The molecule has 1 amide bonds. The second-order valence-corrected chi connectivity index (χ2v) is 7.14. The summed E-state index contributed by atoms with van der Waals surface area (Å²) >= 11 is 0. The summed E-state index contributed by atoms with van der Waals surface area (Å²) in [5.74, 6) is 0.563. The predicted molar refractivity (Wildman–Crippen MR) is 118 cm³/mol. The van der Waals surface area contributed by atoms with Crippen LogP contribution in [0, 0.1) is 0 Å². The van der Waals surface area contributed by atoms with E-state index in [1.165, 1.54) is 0 Å². The van der Waals surface area contributed by atoms with Crippen molar-refractivity contribution < 1.29 is 9.53 Å². The number of pyridine rings is 1. The minimum atomic E-state index is -0.257. The van der Waals surface area contributed by atoms with Crippen LogP contribution in [-0.4, -0.2) is 31.1 Å². The molecule has 0 aliphatic rings. The summed E-state index contributed by atoms with van der Waals surface area (Å²) < 4.78 is 5.65. The van der Waals surface area contributed by atoms with Gasteiger partial charge in [0.15, 0.2) is 0 Å². The lowest BCUT2D eigenvalue weighted by Crippen LogP contribution is -2.14. The van der Waals surface area contributed by atoms with E-state index in [9.17, 15) is 4.79 Å². The summed E-state index contributed by atoms with van der Waals surface area (Å²) in [6, 6.07) is 18.9. The molecule has 6 heteroatoms. The van der Waals surface area contributed by atoms with E-state index in [4.69, 9.17) is 4.74 Å². The van der Waals surface area contributed by atoms with Gasteiger partial charge in [-0.1, -0.05) is 0 Å². The smallest absolute Gasteiger partial charge is 0.274 e. The molecule has 29 heavy (non-hydrogen) atoms. The second kappa shape index (κ2) is 9.10. The maximum absolute atomic E-state index is 12.6. The molecule has 0 fully saturated rings. The first-order chi connectivity index (χ1) is 13.9. The van der Waals surface area contributed by atoms with Crippen molar-refractivity contribution >= 4 is 28.7 Å². The molecule has 0 saturated carbocycles. The summed E-state index contributed by atoms with van der Waals surface area (Å²) in [5.41, 5.74) is 3.81. The highest BCUT2D eigenvalue weighted by Crippen LogP contribution is 2.21. The predicted octanol–water partition coefficient (Wildman–Crippen LogP) is 4.93. The van der Waals surface area contributed by atoms with E-state index in [1.807, 2.05) is 87.4 Å².